The summed E-state index contributed by atoms with van der Waals surface area (Å²) in [6, 6.07) is 25.9. The fraction of sp³-hybridized carbons (Fsp3) is 0.206. The third-order valence-corrected chi connectivity index (χ3v) is 6.43. The molecule has 7 heteroatoms. The zero-order chi connectivity index (χ0) is 29.0. The Balaban J connectivity index is 1.47. The van der Waals surface area contributed by atoms with Crippen LogP contribution in [0.4, 0.5) is 0 Å². The Morgan fingerprint density at radius 3 is 1.88 bits per heavy atom. The molecule has 0 unspecified atom stereocenters. The molecular formula is C34H32N2O5. The van der Waals surface area contributed by atoms with E-state index in [1.807, 2.05) is 24.3 Å². The number of hydrogen-bond donors (Lipinski definition) is 2. The second-order valence-electron chi connectivity index (χ2n) is 9.68. The molecule has 0 spiro atoms. The van der Waals surface area contributed by atoms with E-state index < -0.39 is 12.6 Å². The van der Waals surface area contributed by atoms with Gasteiger partial charge in [-0.2, -0.15) is 0 Å². The predicted molar refractivity (Wildman–Crippen MR) is 158 cm³/mol. The number of carboxylic acids is 1. The third-order valence-electron chi connectivity index (χ3n) is 6.43. The molecule has 41 heavy (non-hydrogen) atoms. The molecule has 208 valence electrons. The minimum absolute atomic E-state index is 0.237. The number of aromatic amines is 1. The number of ether oxygens (including phenoxy) is 1. The lowest BCUT2D eigenvalue weighted by Crippen LogP contribution is -2.30. The lowest BCUT2D eigenvalue weighted by Gasteiger charge is -2.23. The number of nitrogens with zero attached hydrogens (tertiary/aromatic N) is 1. The maximum Gasteiger partial charge on any atom is 0.341 e. The monoisotopic (exact) mass is 548 g/mol. The van der Waals surface area contributed by atoms with Gasteiger partial charge in [-0.3, -0.25) is 9.59 Å². The summed E-state index contributed by atoms with van der Waals surface area (Å²) in [6.07, 6.45) is 4.85. The van der Waals surface area contributed by atoms with Crippen LogP contribution in [0.2, 0.25) is 0 Å². The van der Waals surface area contributed by atoms with Crippen molar-refractivity contribution in [2.75, 3.05) is 6.61 Å². The van der Waals surface area contributed by atoms with Gasteiger partial charge in [-0.25, -0.2) is 4.79 Å². The van der Waals surface area contributed by atoms with Crippen LogP contribution in [0.15, 0.2) is 95.9 Å². The van der Waals surface area contributed by atoms with E-state index in [1.165, 1.54) is 36.7 Å². The number of aryl methyl sites for hydroxylation is 1. The number of benzene rings is 3. The largest absolute Gasteiger partial charge is 0.482 e. The quantitative estimate of drug-likeness (QED) is 0.244. The van der Waals surface area contributed by atoms with E-state index in [1.54, 1.807) is 29.2 Å². The first-order valence-electron chi connectivity index (χ1n) is 13.5. The molecule has 0 fully saturated rings. The number of nitrogens with one attached hydrogen (secondary N) is 1. The zero-order valence-electron chi connectivity index (χ0n) is 22.9. The molecule has 3 aromatic carbocycles. The molecule has 1 aromatic heterocycles. The number of rotatable bonds is 11. The summed E-state index contributed by atoms with van der Waals surface area (Å²) >= 11 is 0. The van der Waals surface area contributed by atoms with Crippen molar-refractivity contribution < 1.29 is 19.4 Å². The maximum absolute atomic E-state index is 13.4. The molecule has 0 saturated carbocycles. The van der Waals surface area contributed by atoms with Gasteiger partial charge in [0.25, 0.3) is 5.91 Å². The van der Waals surface area contributed by atoms with Gasteiger partial charge in [-0.1, -0.05) is 61.6 Å². The van der Waals surface area contributed by atoms with Crippen molar-refractivity contribution in [2.24, 2.45) is 0 Å². The Bertz CT molecular complexity index is 1560. The van der Waals surface area contributed by atoms with Crippen molar-refractivity contribution in [3.63, 3.8) is 0 Å². The van der Waals surface area contributed by atoms with Gasteiger partial charge < -0.3 is 19.7 Å². The van der Waals surface area contributed by atoms with E-state index in [0.717, 1.165) is 28.7 Å². The Hall–Kier alpha value is -5.09. The molecule has 4 aromatic rings. The van der Waals surface area contributed by atoms with Crippen LogP contribution in [0.3, 0.4) is 0 Å². The van der Waals surface area contributed by atoms with Crippen LogP contribution in [0.5, 0.6) is 5.75 Å². The number of carbonyl (C=O) groups is 2. The molecule has 1 amide bonds. The third kappa shape index (κ3) is 8.97. The van der Waals surface area contributed by atoms with Gasteiger partial charge in [0.05, 0.1) is 5.56 Å². The number of hydrogen-bond acceptors (Lipinski definition) is 4. The van der Waals surface area contributed by atoms with Crippen LogP contribution in [0.25, 0.3) is 0 Å². The SMILES string of the molecule is CCCCc1ccc(C#Cc2ccc(CN(Cc3ccc(OCC(=O)O)cc3)C(=O)c3ccc(=O)[nH]c3)cc2)cc1. The Labute approximate surface area is 239 Å². The minimum Gasteiger partial charge on any atom is -0.482 e. The Kier molecular flexibility index (Phi) is 10.1. The molecular weight excluding hydrogens is 516 g/mol. The van der Waals surface area contributed by atoms with Crippen molar-refractivity contribution in [1.82, 2.24) is 9.88 Å². The lowest BCUT2D eigenvalue weighted by molar-refractivity contribution is -0.139. The molecule has 0 aliphatic heterocycles. The van der Waals surface area contributed by atoms with Gasteiger partial charge in [0.1, 0.15) is 5.75 Å². The first-order valence-corrected chi connectivity index (χ1v) is 13.5. The van der Waals surface area contributed by atoms with Crippen LogP contribution < -0.4 is 10.3 Å². The van der Waals surface area contributed by atoms with Crippen LogP contribution in [0.1, 0.15) is 57.9 Å². The van der Waals surface area contributed by atoms with Crippen molar-refractivity contribution in [1.29, 1.82) is 0 Å². The van der Waals surface area contributed by atoms with Crippen LogP contribution in [-0.2, 0) is 24.3 Å². The highest BCUT2D eigenvalue weighted by Gasteiger charge is 2.17. The van der Waals surface area contributed by atoms with Crippen LogP contribution in [0, 0.1) is 11.8 Å². The number of unbranched alkanes of at least 4 members (excludes halogenated alkanes) is 1. The van der Waals surface area contributed by atoms with Gasteiger partial charge in [0, 0.05) is 36.5 Å². The first-order chi connectivity index (χ1) is 19.9. The highest BCUT2D eigenvalue weighted by molar-refractivity contribution is 5.93. The number of H-pyrrole nitrogens is 1. The van der Waals surface area contributed by atoms with E-state index in [0.29, 0.717) is 24.4 Å². The van der Waals surface area contributed by atoms with E-state index >= 15 is 0 Å². The molecule has 0 aliphatic rings. The molecule has 7 nitrogen and oxygen atoms in total. The average molecular weight is 549 g/mol. The predicted octanol–water partition coefficient (Wildman–Crippen LogP) is 5.42. The average Bonchev–Trinajstić information content (AvgIpc) is 2.99. The van der Waals surface area contributed by atoms with E-state index in [-0.39, 0.29) is 11.5 Å². The fourth-order valence-corrected chi connectivity index (χ4v) is 4.18. The van der Waals surface area contributed by atoms with Gasteiger partial charge in [-0.05, 0) is 72.0 Å². The van der Waals surface area contributed by atoms with Gasteiger partial charge in [0.15, 0.2) is 6.61 Å². The van der Waals surface area contributed by atoms with Crippen molar-refractivity contribution >= 4 is 11.9 Å². The van der Waals surface area contributed by atoms with Crippen LogP contribution in [-0.4, -0.2) is 33.5 Å². The second kappa shape index (κ2) is 14.3. The lowest BCUT2D eigenvalue weighted by atomic mass is 10.1. The number of amides is 1. The van der Waals surface area contributed by atoms with E-state index in [4.69, 9.17) is 9.84 Å². The molecule has 4 rings (SSSR count). The molecule has 0 aliphatic carbocycles. The van der Waals surface area contributed by atoms with Crippen molar-refractivity contribution in [3.05, 3.63) is 135 Å². The Morgan fingerprint density at radius 1 is 0.805 bits per heavy atom. The summed E-state index contributed by atoms with van der Waals surface area (Å²) < 4.78 is 5.20. The molecule has 0 saturated heterocycles. The molecule has 0 bridgehead atoms. The Morgan fingerprint density at radius 2 is 1.37 bits per heavy atom. The number of carbonyl (C=O) groups excluding carboxylic acids is 1. The summed E-state index contributed by atoms with van der Waals surface area (Å²) in [6.45, 7) is 2.39. The maximum atomic E-state index is 13.4. The minimum atomic E-state index is -1.06. The second-order valence-corrected chi connectivity index (χ2v) is 9.68. The van der Waals surface area contributed by atoms with Gasteiger partial charge >= 0.3 is 5.97 Å². The zero-order valence-corrected chi connectivity index (χ0v) is 22.9. The number of pyridine rings is 1. The summed E-state index contributed by atoms with van der Waals surface area (Å²) in [7, 11) is 0. The summed E-state index contributed by atoms with van der Waals surface area (Å²) in [5, 5.41) is 8.81. The van der Waals surface area contributed by atoms with Crippen molar-refractivity contribution in [3.8, 4) is 17.6 Å². The smallest absolute Gasteiger partial charge is 0.341 e. The highest BCUT2D eigenvalue weighted by Crippen LogP contribution is 2.18. The summed E-state index contributed by atoms with van der Waals surface area (Å²) in [5.74, 6) is 5.56. The highest BCUT2D eigenvalue weighted by atomic mass is 16.5. The molecule has 1 heterocycles. The number of carboxylic acid groups (broad SMARTS) is 1. The topological polar surface area (TPSA) is 99.7 Å². The van der Waals surface area contributed by atoms with Crippen LogP contribution >= 0.6 is 0 Å². The molecule has 0 radical (unpaired) electrons. The van der Waals surface area contributed by atoms with Crippen molar-refractivity contribution in [2.45, 2.75) is 39.3 Å². The van der Waals surface area contributed by atoms with Gasteiger partial charge in [-0.15, -0.1) is 0 Å². The summed E-state index contributed by atoms with van der Waals surface area (Å²) in [4.78, 5) is 39.9. The molecule has 0 atom stereocenters. The number of aromatic nitrogens is 1. The first kappa shape index (κ1) is 28.9. The van der Waals surface area contributed by atoms with Gasteiger partial charge in [0.2, 0.25) is 5.56 Å². The van der Waals surface area contributed by atoms with E-state index in [9.17, 15) is 14.4 Å². The van der Waals surface area contributed by atoms with E-state index in [2.05, 4.69) is 48.0 Å². The number of aliphatic carboxylic acids is 1. The fourth-order valence-electron chi connectivity index (χ4n) is 4.18. The standard InChI is InChI=1S/C34H32N2O5/c1-2-3-4-25-5-7-26(8-6-25)9-10-27-11-13-28(14-12-27)22-36(34(40)30-17-20-32(37)35-21-30)23-29-15-18-31(19-16-29)41-24-33(38)39/h5-8,11-21H,2-4,22-24H2,1H3,(H,35,37)(H,38,39). The summed E-state index contributed by atoms with van der Waals surface area (Å²) in [5.41, 5.74) is 5.02. The normalized spacial score (nSPS) is 10.4. The molecule has 2 N–H and O–H groups in total.